The molecule has 3 rings (SSSR count). The second kappa shape index (κ2) is 8.96. The Morgan fingerprint density at radius 2 is 1.78 bits per heavy atom. The van der Waals surface area contributed by atoms with Gasteiger partial charge >= 0.3 is 0 Å². The topological polar surface area (TPSA) is 49.4 Å². The van der Waals surface area contributed by atoms with E-state index >= 15 is 0 Å². The van der Waals surface area contributed by atoms with Crippen LogP contribution in [0.1, 0.15) is 42.6 Å². The van der Waals surface area contributed by atoms with Crippen molar-refractivity contribution in [2.75, 3.05) is 18.4 Å². The van der Waals surface area contributed by atoms with Crippen LogP contribution in [0.25, 0.3) is 0 Å². The van der Waals surface area contributed by atoms with E-state index in [0.717, 1.165) is 32.4 Å². The molecule has 0 bridgehead atoms. The first-order chi connectivity index (χ1) is 13.0. The van der Waals surface area contributed by atoms with Crippen LogP contribution in [0.4, 0.5) is 5.69 Å². The average Bonchev–Trinajstić information content (AvgIpc) is 2.69. The number of carbonyl (C=O) groups excluding carboxylic acids is 2. The van der Waals surface area contributed by atoms with E-state index in [1.54, 1.807) is 18.2 Å². The van der Waals surface area contributed by atoms with Gasteiger partial charge in [0.15, 0.2) is 5.78 Å². The summed E-state index contributed by atoms with van der Waals surface area (Å²) < 4.78 is 0. The van der Waals surface area contributed by atoms with Crippen LogP contribution in [-0.4, -0.2) is 35.7 Å². The lowest BCUT2D eigenvalue weighted by Gasteiger charge is -2.35. The van der Waals surface area contributed by atoms with Crippen molar-refractivity contribution in [3.63, 3.8) is 0 Å². The maximum absolute atomic E-state index is 12.6. The summed E-state index contributed by atoms with van der Waals surface area (Å²) >= 11 is 0. The Morgan fingerprint density at radius 1 is 1.07 bits per heavy atom. The lowest BCUT2D eigenvalue weighted by atomic mass is 9.89. The second-order valence-electron chi connectivity index (χ2n) is 7.47. The van der Waals surface area contributed by atoms with Crippen molar-refractivity contribution in [2.24, 2.45) is 5.92 Å². The van der Waals surface area contributed by atoms with E-state index in [2.05, 4.69) is 40.5 Å². The van der Waals surface area contributed by atoms with E-state index in [-0.39, 0.29) is 17.7 Å². The highest BCUT2D eigenvalue weighted by Crippen LogP contribution is 2.23. The molecule has 2 aromatic rings. The van der Waals surface area contributed by atoms with Gasteiger partial charge in [-0.25, -0.2) is 0 Å². The van der Waals surface area contributed by atoms with Crippen molar-refractivity contribution in [3.05, 3.63) is 65.7 Å². The molecule has 0 spiro atoms. The van der Waals surface area contributed by atoms with E-state index < -0.39 is 0 Å². The number of amides is 1. The quantitative estimate of drug-likeness (QED) is 0.783. The Balaban J connectivity index is 1.51. The summed E-state index contributed by atoms with van der Waals surface area (Å²) in [7, 11) is 0. The zero-order valence-corrected chi connectivity index (χ0v) is 16.2. The average molecular weight is 364 g/mol. The Hall–Kier alpha value is -2.46. The first kappa shape index (κ1) is 19.3. The zero-order valence-electron chi connectivity index (χ0n) is 16.2. The summed E-state index contributed by atoms with van der Waals surface area (Å²) in [6.07, 6.45) is 3.35. The van der Waals surface area contributed by atoms with Crippen molar-refractivity contribution >= 4 is 17.4 Å². The van der Waals surface area contributed by atoms with Crippen LogP contribution in [0.2, 0.25) is 0 Å². The molecule has 0 saturated carbocycles. The lowest BCUT2D eigenvalue weighted by Crippen LogP contribution is -2.46. The number of carbonyl (C=O) groups is 2. The van der Waals surface area contributed by atoms with Crippen LogP contribution in [0, 0.1) is 5.92 Å². The van der Waals surface area contributed by atoms with Crippen molar-refractivity contribution in [2.45, 2.75) is 39.2 Å². The van der Waals surface area contributed by atoms with Crippen LogP contribution < -0.4 is 5.32 Å². The fourth-order valence-electron chi connectivity index (χ4n) is 3.72. The molecular formula is C23H28N2O2. The third-order valence-corrected chi connectivity index (χ3v) is 5.48. The van der Waals surface area contributed by atoms with Crippen molar-refractivity contribution < 1.29 is 9.59 Å². The Labute approximate surface area is 161 Å². The number of rotatable bonds is 6. The third-order valence-electron chi connectivity index (χ3n) is 5.48. The third kappa shape index (κ3) is 5.27. The van der Waals surface area contributed by atoms with Crippen LogP contribution in [0.3, 0.4) is 0 Å². The summed E-state index contributed by atoms with van der Waals surface area (Å²) in [6.45, 7) is 5.38. The molecule has 27 heavy (non-hydrogen) atoms. The number of nitrogens with zero attached hydrogens (tertiary/aromatic N) is 1. The van der Waals surface area contributed by atoms with Crippen molar-refractivity contribution in [3.8, 4) is 0 Å². The minimum Gasteiger partial charge on any atom is -0.325 e. The number of hydrogen-bond donors (Lipinski definition) is 1. The fourth-order valence-corrected chi connectivity index (χ4v) is 3.72. The number of piperidine rings is 1. The number of ketones is 1. The fraction of sp³-hybridized carbons (Fsp3) is 0.391. The minimum absolute atomic E-state index is 0.000337. The molecule has 1 saturated heterocycles. The number of benzene rings is 2. The van der Waals surface area contributed by atoms with E-state index in [9.17, 15) is 9.59 Å². The zero-order chi connectivity index (χ0) is 19.2. The van der Waals surface area contributed by atoms with Gasteiger partial charge < -0.3 is 5.32 Å². The molecule has 142 valence electrons. The van der Waals surface area contributed by atoms with Gasteiger partial charge in [0.25, 0.3) is 0 Å². The largest absolute Gasteiger partial charge is 0.325 e. The molecule has 1 heterocycles. The first-order valence-corrected chi connectivity index (χ1v) is 9.73. The molecule has 2 aromatic carbocycles. The van der Waals surface area contributed by atoms with Gasteiger partial charge in [-0.05, 0) is 69.8 Å². The molecule has 0 radical (unpaired) electrons. The Bertz CT molecular complexity index is 780. The summed E-state index contributed by atoms with van der Waals surface area (Å²) in [5.41, 5.74) is 2.69. The molecule has 4 heteroatoms. The molecule has 0 unspecified atom stereocenters. The predicted molar refractivity (Wildman–Crippen MR) is 109 cm³/mol. The molecule has 1 amide bonds. The van der Waals surface area contributed by atoms with Crippen LogP contribution in [0.15, 0.2) is 54.6 Å². The standard InChI is InChI=1S/C23H28N2O2/c1-17(23(27)24-22-10-6-9-21(16-22)18(2)26)25-13-11-20(12-14-25)15-19-7-4-3-5-8-19/h3-10,16-17,20H,11-15H2,1-2H3,(H,24,27)/t17-/m0/s1. The molecular weight excluding hydrogens is 336 g/mol. The van der Waals surface area contributed by atoms with Gasteiger partial charge in [-0.15, -0.1) is 0 Å². The van der Waals surface area contributed by atoms with Gasteiger partial charge in [0, 0.05) is 11.3 Å². The molecule has 1 aliphatic rings. The van der Waals surface area contributed by atoms with E-state index in [1.807, 2.05) is 13.0 Å². The van der Waals surface area contributed by atoms with Gasteiger partial charge in [-0.3, -0.25) is 14.5 Å². The van der Waals surface area contributed by atoms with Crippen LogP contribution in [0.5, 0.6) is 0 Å². The van der Waals surface area contributed by atoms with Crippen molar-refractivity contribution in [1.82, 2.24) is 4.90 Å². The molecule has 1 aliphatic heterocycles. The predicted octanol–water partition coefficient (Wildman–Crippen LogP) is 4.17. The van der Waals surface area contributed by atoms with Gasteiger partial charge in [0.1, 0.15) is 0 Å². The Kier molecular flexibility index (Phi) is 6.40. The molecule has 4 nitrogen and oxygen atoms in total. The first-order valence-electron chi connectivity index (χ1n) is 9.73. The van der Waals surface area contributed by atoms with E-state index in [4.69, 9.17) is 0 Å². The highest BCUT2D eigenvalue weighted by atomic mass is 16.2. The van der Waals surface area contributed by atoms with Crippen LogP contribution in [-0.2, 0) is 11.2 Å². The highest BCUT2D eigenvalue weighted by Gasteiger charge is 2.26. The van der Waals surface area contributed by atoms with E-state index in [0.29, 0.717) is 17.2 Å². The number of likely N-dealkylation sites (tertiary alicyclic amines) is 1. The highest BCUT2D eigenvalue weighted by molar-refractivity contribution is 5.98. The lowest BCUT2D eigenvalue weighted by molar-refractivity contribution is -0.121. The van der Waals surface area contributed by atoms with Gasteiger partial charge in [-0.1, -0.05) is 42.5 Å². The molecule has 1 N–H and O–H groups in total. The molecule has 1 atom stereocenters. The SMILES string of the molecule is CC(=O)c1cccc(NC(=O)[C@H](C)N2CCC(Cc3ccccc3)CC2)c1. The smallest absolute Gasteiger partial charge is 0.241 e. The molecule has 0 aromatic heterocycles. The van der Waals surface area contributed by atoms with Crippen molar-refractivity contribution in [1.29, 1.82) is 0 Å². The number of Topliss-reactive ketones (excluding diaryl/α,β-unsaturated/α-hetero) is 1. The van der Waals surface area contributed by atoms with Gasteiger partial charge in [-0.2, -0.15) is 0 Å². The van der Waals surface area contributed by atoms with Crippen LogP contribution >= 0.6 is 0 Å². The number of nitrogens with one attached hydrogen (secondary N) is 1. The summed E-state index contributed by atoms with van der Waals surface area (Å²) in [4.78, 5) is 26.4. The summed E-state index contributed by atoms with van der Waals surface area (Å²) in [6, 6.07) is 17.6. The maximum Gasteiger partial charge on any atom is 0.241 e. The van der Waals surface area contributed by atoms with Gasteiger partial charge in [0.05, 0.1) is 6.04 Å². The monoisotopic (exact) mass is 364 g/mol. The van der Waals surface area contributed by atoms with Gasteiger partial charge in [0.2, 0.25) is 5.91 Å². The second-order valence-corrected chi connectivity index (χ2v) is 7.47. The maximum atomic E-state index is 12.6. The van der Waals surface area contributed by atoms with E-state index in [1.165, 1.54) is 12.5 Å². The normalized spacial score (nSPS) is 16.7. The minimum atomic E-state index is -0.177. The molecule has 0 aliphatic carbocycles. The summed E-state index contributed by atoms with van der Waals surface area (Å²) in [5, 5.41) is 2.95. The number of hydrogen-bond acceptors (Lipinski definition) is 3. The summed E-state index contributed by atoms with van der Waals surface area (Å²) in [5.74, 6) is 0.669. The molecule has 1 fully saturated rings. The number of anilines is 1. The Morgan fingerprint density at radius 3 is 2.44 bits per heavy atom.